The van der Waals surface area contributed by atoms with E-state index in [1.165, 1.54) is 6.07 Å². The second-order valence-corrected chi connectivity index (χ2v) is 3.85. The van der Waals surface area contributed by atoms with Gasteiger partial charge in [-0.05, 0) is 6.92 Å². The zero-order valence-corrected chi connectivity index (χ0v) is 9.90. The predicted molar refractivity (Wildman–Crippen MR) is 65.0 cm³/mol. The second kappa shape index (κ2) is 4.82. The van der Waals surface area contributed by atoms with E-state index in [-0.39, 0.29) is 5.56 Å². The van der Waals surface area contributed by atoms with Crippen LogP contribution in [0.4, 0.5) is 5.82 Å². The molecule has 0 amide bonds. The van der Waals surface area contributed by atoms with Crippen molar-refractivity contribution in [1.29, 1.82) is 0 Å². The van der Waals surface area contributed by atoms with Crippen LogP contribution in [0, 0.1) is 6.92 Å². The van der Waals surface area contributed by atoms with Gasteiger partial charge in [-0.25, -0.2) is 9.97 Å². The molecule has 0 unspecified atom stereocenters. The Hall–Kier alpha value is -2.11. The van der Waals surface area contributed by atoms with Gasteiger partial charge in [0.1, 0.15) is 17.5 Å². The van der Waals surface area contributed by atoms with E-state index in [0.717, 1.165) is 12.2 Å². The zero-order valence-electron chi connectivity index (χ0n) is 9.90. The summed E-state index contributed by atoms with van der Waals surface area (Å²) in [6.45, 7) is 2.45. The average Bonchev–Trinajstić information content (AvgIpc) is 2.63. The normalized spacial score (nSPS) is 10.5. The third kappa shape index (κ3) is 2.93. The van der Waals surface area contributed by atoms with Crippen LogP contribution in [0.15, 0.2) is 23.3 Å². The molecule has 0 aliphatic carbocycles. The highest BCUT2D eigenvalue weighted by atomic mass is 16.1. The molecule has 0 spiro atoms. The number of nitrogens with zero attached hydrogens (tertiary/aromatic N) is 3. The topological polar surface area (TPSA) is 75.6 Å². The number of hydrogen-bond donors (Lipinski definition) is 2. The van der Waals surface area contributed by atoms with E-state index in [1.807, 2.05) is 17.8 Å². The van der Waals surface area contributed by atoms with Gasteiger partial charge in [-0.15, -0.1) is 0 Å². The summed E-state index contributed by atoms with van der Waals surface area (Å²) in [4.78, 5) is 22.2. The first-order valence-electron chi connectivity index (χ1n) is 5.43. The molecule has 90 valence electrons. The second-order valence-electron chi connectivity index (χ2n) is 3.85. The lowest BCUT2D eigenvalue weighted by Crippen LogP contribution is -2.14. The lowest BCUT2D eigenvalue weighted by Gasteiger charge is -2.05. The summed E-state index contributed by atoms with van der Waals surface area (Å²) in [7, 11) is 1.96. The monoisotopic (exact) mass is 233 g/mol. The summed E-state index contributed by atoms with van der Waals surface area (Å²) in [6.07, 6.45) is 4.47. The van der Waals surface area contributed by atoms with E-state index >= 15 is 0 Å². The molecule has 6 heteroatoms. The minimum atomic E-state index is -0.142. The molecule has 0 radical (unpaired) electrons. The Morgan fingerprint density at radius 1 is 1.53 bits per heavy atom. The fourth-order valence-electron chi connectivity index (χ4n) is 1.61. The Labute approximate surface area is 98.7 Å². The molecule has 17 heavy (non-hydrogen) atoms. The minimum absolute atomic E-state index is 0.142. The van der Waals surface area contributed by atoms with Gasteiger partial charge < -0.3 is 14.9 Å². The lowest BCUT2D eigenvalue weighted by atomic mass is 10.4. The van der Waals surface area contributed by atoms with Crippen LogP contribution in [0.3, 0.4) is 0 Å². The quantitative estimate of drug-likeness (QED) is 0.804. The molecule has 0 bridgehead atoms. The van der Waals surface area contributed by atoms with E-state index in [1.54, 1.807) is 13.1 Å². The van der Waals surface area contributed by atoms with Crippen LogP contribution in [-0.4, -0.2) is 26.1 Å². The van der Waals surface area contributed by atoms with E-state index in [9.17, 15) is 4.79 Å². The minimum Gasteiger partial charge on any atom is -0.369 e. The summed E-state index contributed by atoms with van der Waals surface area (Å²) in [6, 6.07) is 1.45. The van der Waals surface area contributed by atoms with Crippen molar-refractivity contribution in [3.05, 3.63) is 40.5 Å². The molecule has 2 aromatic heterocycles. The SMILES string of the molecule is Cc1nc(NCCc2nccn2C)cc(=O)[nH]1. The number of nitrogens with one attached hydrogen (secondary N) is 2. The number of aromatic amines is 1. The van der Waals surface area contributed by atoms with Crippen LogP contribution in [-0.2, 0) is 13.5 Å². The van der Waals surface area contributed by atoms with Crippen LogP contribution >= 0.6 is 0 Å². The highest BCUT2D eigenvalue weighted by Crippen LogP contribution is 2.00. The van der Waals surface area contributed by atoms with Crippen molar-refractivity contribution in [2.45, 2.75) is 13.3 Å². The Morgan fingerprint density at radius 3 is 3.00 bits per heavy atom. The standard InChI is InChI=1S/C11H15N5O/c1-8-14-9(7-11(17)15-8)12-4-3-10-13-5-6-16(10)2/h5-7H,3-4H2,1-2H3,(H2,12,14,15,17). The zero-order chi connectivity index (χ0) is 12.3. The molecule has 2 aromatic rings. The van der Waals surface area contributed by atoms with Crippen LogP contribution in [0.25, 0.3) is 0 Å². The molecule has 0 aliphatic rings. The van der Waals surface area contributed by atoms with Gasteiger partial charge in [0, 0.05) is 38.5 Å². The van der Waals surface area contributed by atoms with Gasteiger partial charge in [-0.1, -0.05) is 0 Å². The van der Waals surface area contributed by atoms with Crippen LogP contribution in [0.5, 0.6) is 0 Å². The third-order valence-corrected chi connectivity index (χ3v) is 2.44. The van der Waals surface area contributed by atoms with Crippen LogP contribution in [0.1, 0.15) is 11.6 Å². The number of anilines is 1. The first-order chi connectivity index (χ1) is 8.15. The maximum Gasteiger partial charge on any atom is 0.252 e. The molecular weight excluding hydrogens is 218 g/mol. The number of aromatic nitrogens is 4. The molecular formula is C11H15N5O. The smallest absolute Gasteiger partial charge is 0.252 e. The number of aryl methyl sites for hydroxylation is 2. The van der Waals surface area contributed by atoms with Gasteiger partial charge in [-0.2, -0.15) is 0 Å². The summed E-state index contributed by atoms with van der Waals surface area (Å²) in [5.41, 5.74) is -0.142. The van der Waals surface area contributed by atoms with Crippen molar-refractivity contribution < 1.29 is 0 Å². The Morgan fingerprint density at radius 2 is 2.35 bits per heavy atom. The Balaban J connectivity index is 1.94. The molecule has 0 atom stereocenters. The number of imidazole rings is 1. The number of rotatable bonds is 4. The van der Waals surface area contributed by atoms with Gasteiger partial charge in [-0.3, -0.25) is 4.79 Å². The van der Waals surface area contributed by atoms with Gasteiger partial charge in [0.2, 0.25) is 0 Å². The highest BCUT2D eigenvalue weighted by molar-refractivity contribution is 5.32. The molecule has 2 heterocycles. The van der Waals surface area contributed by atoms with Gasteiger partial charge in [0.05, 0.1) is 0 Å². The van der Waals surface area contributed by atoms with E-state index < -0.39 is 0 Å². The molecule has 0 saturated carbocycles. The van der Waals surface area contributed by atoms with Gasteiger partial charge >= 0.3 is 0 Å². The van der Waals surface area contributed by atoms with E-state index in [0.29, 0.717) is 18.2 Å². The fraction of sp³-hybridized carbons (Fsp3) is 0.364. The predicted octanol–water partition coefficient (Wildman–Crippen LogP) is 0.466. The van der Waals surface area contributed by atoms with Gasteiger partial charge in [0.15, 0.2) is 0 Å². The lowest BCUT2D eigenvalue weighted by molar-refractivity contribution is 0.787. The first kappa shape index (κ1) is 11.4. The number of H-pyrrole nitrogens is 1. The molecule has 0 aliphatic heterocycles. The third-order valence-electron chi connectivity index (χ3n) is 2.44. The first-order valence-corrected chi connectivity index (χ1v) is 5.43. The Kier molecular flexibility index (Phi) is 3.22. The van der Waals surface area contributed by atoms with E-state index in [4.69, 9.17) is 0 Å². The van der Waals surface area contributed by atoms with Crippen molar-refractivity contribution in [1.82, 2.24) is 19.5 Å². The van der Waals surface area contributed by atoms with Crippen molar-refractivity contribution in [2.24, 2.45) is 7.05 Å². The van der Waals surface area contributed by atoms with Crippen molar-refractivity contribution in [3.63, 3.8) is 0 Å². The fourth-order valence-corrected chi connectivity index (χ4v) is 1.61. The maximum atomic E-state index is 11.2. The average molecular weight is 233 g/mol. The Bertz CT molecular complexity index is 557. The maximum absolute atomic E-state index is 11.2. The highest BCUT2D eigenvalue weighted by Gasteiger charge is 2.00. The molecule has 2 N–H and O–H groups in total. The molecule has 6 nitrogen and oxygen atoms in total. The molecule has 0 saturated heterocycles. The number of hydrogen-bond acceptors (Lipinski definition) is 4. The summed E-state index contributed by atoms with van der Waals surface area (Å²) >= 11 is 0. The van der Waals surface area contributed by atoms with Crippen molar-refractivity contribution in [2.75, 3.05) is 11.9 Å². The largest absolute Gasteiger partial charge is 0.369 e. The molecule has 0 aromatic carbocycles. The van der Waals surface area contributed by atoms with Gasteiger partial charge in [0.25, 0.3) is 5.56 Å². The van der Waals surface area contributed by atoms with Crippen LogP contribution < -0.4 is 10.9 Å². The van der Waals surface area contributed by atoms with E-state index in [2.05, 4.69) is 20.3 Å². The molecule has 2 rings (SSSR count). The van der Waals surface area contributed by atoms with Crippen molar-refractivity contribution in [3.8, 4) is 0 Å². The van der Waals surface area contributed by atoms with Crippen LogP contribution in [0.2, 0.25) is 0 Å². The molecule has 0 fully saturated rings. The summed E-state index contributed by atoms with van der Waals surface area (Å²) < 4.78 is 1.97. The summed E-state index contributed by atoms with van der Waals surface area (Å²) in [5.74, 6) is 2.21. The summed E-state index contributed by atoms with van der Waals surface area (Å²) in [5, 5.41) is 3.11. The van der Waals surface area contributed by atoms with Crippen molar-refractivity contribution >= 4 is 5.82 Å².